The second-order valence-electron chi connectivity index (χ2n) is 6.55. The highest BCUT2D eigenvalue weighted by molar-refractivity contribution is 7.89. The fourth-order valence-corrected chi connectivity index (χ4v) is 3.87. The van der Waals surface area contributed by atoms with Crippen molar-refractivity contribution < 1.29 is 17.9 Å². The minimum absolute atomic E-state index is 0.153. The maximum absolute atomic E-state index is 12.2. The first-order valence-corrected chi connectivity index (χ1v) is 10.3. The number of hydrogen-bond donors (Lipinski definition) is 2. The minimum Gasteiger partial charge on any atom is -0.484 e. The molecule has 0 atom stereocenters. The number of aryl methyl sites for hydroxylation is 2. The summed E-state index contributed by atoms with van der Waals surface area (Å²) >= 11 is 0. The van der Waals surface area contributed by atoms with Crippen LogP contribution in [0.2, 0.25) is 0 Å². The molecule has 0 fully saturated rings. The van der Waals surface area contributed by atoms with Crippen LogP contribution in [0.15, 0.2) is 47.4 Å². The molecule has 0 aromatic heterocycles. The van der Waals surface area contributed by atoms with Gasteiger partial charge in [0, 0.05) is 11.7 Å². The molecule has 2 rings (SSSR count). The van der Waals surface area contributed by atoms with E-state index in [0.29, 0.717) is 5.75 Å². The van der Waals surface area contributed by atoms with Gasteiger partial charge in [0.05, 0.1) is 4.90 Å². The number of hydrogen-bond acceptors (Lipinski definition) is 4. The summed E-state index contributed by atoms with van der Waals surface area (Å²) in [5.74, 6) is 0.159. The van der Waals surface area contributed by atoms with E-state index in [1.807, 2.05) is 32.0 Å². The average molecular weight is 391 g/mol. The first-order valence-electron chi connectivity index (χ1n) is 8.86. The van der Waals surface area contributed by atoms with Crippen LogP contribution in [0.25, 0.3) is 0 Å². The van der Waals surface area contributed by atoms with Crippen LogP contribution in [0.4, 0.5) is 5.69 Å². The lowest BCUT2D eigenvalue weighted by Gasteiger charge is -2.13. The third-order valence-electron chi connectivity index (χ3n) is 3.90. The molecule has 2 N–H and O–H groups in total. The standard InChI is InChI=1S/C20H26N2O4S/c1-5-16-8-6-7-15(4)20(16)21-19(23)13-26-17-9-11-18(12-10-17)27(24,25)22-14(2)3/h6-12,14,22H,5,13H2,1-4H3,(H,21,23). The van der Waals surface area contributed by atoms with Crippen molar-refractivity contribution in [3.05, 3.63) is 53.6 Å². The molecule has 0 spiro atoms. The molecule has 0 radical (unpaired) electrons. The first-order chi connectivity index (χ1) is 12.7. The van der Waals surface area contributed by atoms with Crippen molar-refractivity contribution in [2.24, 2.45) is 0 Å². The van der Waals surface area contributed by atoms with E-state index in [9.17, 15) is 13.2 Å². The summed E-state index contributed by atoms with van der Waals surface area (Å²) in [6, 6.07) is 11.7. The molecule has 0 aliphatic carbocycles. The molecule has 146 valence electrons. The second kappa shape index (κ2) is 9.01. The van der Waals surface area contributed by atoms with Gasteiger partial charge in [-0.25, -0.2) is 13.1 Å². The predicted molar refractivity (Wildman–Crippen MR) is 107 cm³/mol. The van der Waals surface area contributed by atoms with E-state index in [-0.39, 0.29) is 23.5 Å². The van der Waals surface area contributed by atoms with Crippen molar-refractivity contribution in [1.29, 1.82) is 0 Å². The van der Waals surface area contributed by atoms with E-state index in [1.165, 1.54) is 24.3 Å². The number of amides is 1. The molecule has 0 aliphatic heterocycles. The second-order valence-corrected chi connectivity index (χ2v) is 8.26. The Bertz CT molecular complexity index is 891. The fraction of sp³-hybridized carbons (Fsp3) is 0.350. The van der Waals surface area contributed by atoms with Crippen LogP contribution >= 0.6 is 0 Å². The lowest BCUT2D eigenvalue weighted by Crippen LogP contribution is -2.30. The van der Waals surface area contributed by atoms with Crippen LogP contribution in [0, 0.1) is 6.92 Å². The molecule has 0 aliphatic rings. The molecule has 0 heterocycles. The zero-order chi connectivity index (χ0) is 20.0. The van der Waals surface area contributed by atoms with E-state index in [2.05, 4.69) is 10.0 Å². The topological polar surface area (TPSA) is 84.5 Å². The van der Waals surface area contributed by atoms with Crippen LogP contribution in [0.1, 0.15) is 31.9 Å². The van der Waals surface area contributed by atoms with Crippen molar-refractivity contribution in [2.45, 2.75) is 45.1 Å². The van der Waals surface area contributed by atoms with Crippen molar-refractivity contribution >= 4 is 21.6 Å². The number of ether oxygens (including phenoxy) is 1. The summed E-state index contributed by atoms with van der Waals surface area (Å²) in [5.41, 5.74) is 2.88. The number of carbonyl (C=O) groups is 1. The van der Waals surface area contributed by atoms with Crippen molar-refractivity contribution in [1.82, 2.24) is 4.72 Å². The number of benzene rings is 2. The zero-order valence-corrected chi connectivity index (χ0v) is 16.9. The number of para-hydroxylation sites is 1. The highest BCUT2D eigenvalue weighted by atomic mass is 32.2. The SMILES string of the molecule is CCc1cccc(C)c1NC(=O)COc1ccc(S(=O)(=O)NC(C)C)cc1. The number of sulfonamides is 1. The van der Waals surface area contributed by atoms with Crippen LogP contribution in [0.3, 0.4) is 0 Å². The Labute approximate surface area is 161 Å². The van der Waals surface area contributed by atoms with Gasteiger partial charge in [0.15, 0.2) is 6.61 Å². The molecule has 27 heavy (non-hydrogen) atoms. The number of anilines is 1. The quantitative estimate of drug-likeness (QED) is 0.725. The van der Waals surface area contributed by atoms with Gasteiger partial charge in [-0.15, -0.1) is 0 Å². The number of carbonyl (C=O) groups excluding carboxylic acids is 1. The summed E-state index contributed by atoms with van der Waals surface area (Å²) in [6.07, 6.45) is 0.818. The first kappa shape index (κ1) is 20.9. The van der Waals surface area contributed by atoms with Gasteiger partial charge in [-0.05, 0) is 62.6 Å². The van der Waals surface area contributed by atoms with Gasteiger partial charge in [-0.2, -0.15) is 0 Å². The molecule has 0 unspecified atom stereocenters. The Kier molecular flexibility index (Phi) is 6.98. The van der Waals surface area contributed by atoms with Crippen LogP contribution in [-0.2, 0) is 21.2 Å². The summed E-state index contributed by atoms with van der Waals surface area (Å²) < 4.78 is 32.2. The van der Waals surface area contributed by atoms with Gasteiger partial charge < -0.3 is 10.1 Å². The smallest absolute Gasteiger partial charge is 0.262 e. The minimum atomic E-state index is -3.55. The normalized spacial score (nSPS) is 11.4. The molecular formula is C20H26N2O4S. The monoisotopic (exact) mass is 390 g/mol. The van der Waals surface area contributed by atoms with Gasteiger partial charge in [0.2, 0.25) is 10.0 Å². The summed E-state index contributed by atoms with van der Waals surface area (Å²) in [4.78, 5) is 12.4. The van der Waals surface area contributed by atoms with Gasteiger partial charge in [0.25, 0.3) is 5.91 Å². The highest BCUT2D eigenvalue weighted by Crippen LogP contribution is 2.21. The van der Waals surface area contributed by atoms with E-state index in [1.54, 1.807) is 13.8 Å². The molecular weight excluding hydrogens is 364 g/mol. The van der Waals surface area contributed by atoms with E-state index < -0.39 is 10.0 Å². The molecule has 0 saturated heterocycles. The Morgan fingerprint density at radius 1 is 1.11 bits per heavy atom. The number of nitrogens with one attached hydrogen (secondary N) is 2. The van der Waals surface area contributed by atoms with Gasteiger partial charge in [-0.1, -0.05) is 25.1 Å². The molecule has 6 nitrogen and oxygen atoms in total. The maximum Gasteiger partial charge on any atom is 0.262 e. The van der Waals surface area contributed by atoms with Crippen molar-refractivity contribution in [3.8, 4) is 5.75 Å². The Balaban J connectivity index is 1.98. The molecule has 7 heteroatoms. The van der Waals surface area contributed by atoms with E-state index in [4.69, 9.17) is 4.74 Å². The van der Waals surface area contributed by atoms with Crippen LogP contribution in [-0.4, -0.2) is 27.0 Å². The lowest BCUT2D eigenvalue weighted by atomic mass is 10.1. The predicted octanol–water partition coefficient (Wildman–Crippen LogP) is 3.26. The summed E-state index contributed by atoms with van der Waals surface area (Å²) in [7, 11) is -3.55. The van der Waals surface area contributed by atoms with E-state index >= 15 is 0 Å². The van der Waals surface area contributed by atoms with Crippen molar-refractivity contribution in [2.75, 3.05) is 11.9 Å². The summed E-state index contributed by atoms with van der Waals surface area (Å²) in [6.45, 7) is 7.33. The molecule has 2 aromatic carbocycles. The average Bonchev–Trinajstić information content (AvgIpc) is 2.61. The largest absolute Gasteiger partial charge is 0.484 e. The third kappa shape index (κ3) is 5.80. The summed E-state index contributed by atoms with van der Waals surface area (Å²) in [5, 5.41) is 2.89. The fourth-order valence-electron chi connectivity index (χ4n) is 2.62. The number of rotatable bonds is 8. The zero-order valence-electron chi connectivity index (χ0n) is 16.1. The molecule has 2 aromatic rings. The van der Waals surface area contributed by atoms with E-state index in [0.717, 1.165) is 23.2 Å². The van der Waals surface area contributed by atoms with Gasteiger partial charge >= 0.3 is 0 Å². The van der Waals surface area contributed by atoms with Crippen molar-refractivity contribution in [3.63, 3.8) is 0 Å². The Morgan fingerprint density at radius 3 is 2.37 bits per heavy atom. The van der Waals surface area contributed by atoms with Gasteiger partial charge in [0.1, 0.15) is 5.75 Å². The van der Waals surface area contributed by atoms with Gasteiger partial charge in [-0.3, -0.25) is 4.79 Å². The molecule has 0 bridgehead atoms. The Morgan fingerprint density at radius 2 is 1.78 bits per heavy atom. The molecule has 1 amide bonds. The van der Waals surface area contributed by atoms with Crippen LogP contribution in [0.5, 0.6) is 5.75 Å². The Hall–Kier alpha value is -2.38. The third-order valence-corrected chi connectivity index (χ3v) is 5.57. The lowest BCUT2D eigenvalue weighted by molar-refractivity contribution is -0.118. The molecule has 0 saturated carbocycles. The highest BCUT2D eigenvalue weighted by Gasteiger charge is 2.15. The van der Waals surface area contributed by atoms with Crippen LogP contribution < -0.4 is 14.8 Å². The maximum atomic E-state index is 12.2.